The molecule has 3 nitrogen and oxygen atoms in total. The number of imidazole rings is 1. The molecule has 4 aromatic rings. The van der Waals surface area contributed by atoms with E-state index in [4.69, 9.17) is 28.2 Å². The smallest absolute Gasteiger partial charge is 0.135 e. The minimum Gasteiger partial charge on any atom is -0.462 e. The number of aromatic nitrogens is 2. The number of fused-ring (bicyclic) bond motifs is 2. The highest BCUT2D eigenvalue weighted by Crippen LogP contribution is 2.26. The third kappa shape index (κ3) is 1.95. The van der Waals surface area contributed by atoms with Crippen LogP contribution in [0.3, 0.4) is 0 Å². The Balaban J connectivity index is 2.07. The van der Waals surface area contributed by atoms with E-state index in [1.807, 2.05) is 41.0 Å². The molecule has 0 radical (unpaired) electrons. The highest BCUT2D eigenvalue weighted by molar-refractivity contribution is 7.71. The van der Waals surface area contributed by atoms with E-state index in [1.54, 1.807) is 18.7 Å². The van der Waals surface area contributed by atoms with Crippen LogP contribution in [0.4, 0.5) is 0 Å². The molecule has 2 aromatic carbocycles. The van der Waals surface area contributed by atoms with Gasteiger partial charge in [0.25, 0.3) is 0 Å². The van der Waals surface area contributed by atoms with Gasteiger partial charge in [0.05, 0.1) is 15.5 Å². The van der Waals surface area contributed by atoms with Crippen molar-refractivity contribution < 1.29 is 4.42 Å². The third-order valence-electron chi connectivity index (χ3n) is 3.43. The summed E-state index contributed by atoms with van der Waals surface area (Å²) in [6.45, 7) is 0. The van der Waals surface area contributed by atoms with Crippen LogP contribution in [0.2, 0.25) is 5.02 Å². The van der Waals surface area contributed by atoms with Crippen LogP contribution in [0.5, 0.6) is 0 Å². The second kappa shape index (κ2) is 4.69. The van der Waals surface area contributed by atoms with Crippen LogP contribution >= 0.6 is 23.8 Å². The first-order valence-corrected chi connectivity index (χ1v) is 7.16. The van der Waals surface area contributed by atoms with E-state index in [-0.39, 0.29) is 0 Å². The minimum atomic E-state index is 0.636. The Morgan fingerprint density at radius 2 is 2.00 bits per heavy atom. The van der Waals surface area contributed by atoms with Crippen molar-refractivity contribution in [3.8, 4) is 5.69 Å². The zero-order valence-corrected chi connectivity index (χ0v) is 12.4. The topological polar surface area (TPSA) is 31.0 Å². The van der Waals surface area contributed by atoms with Crippen molar-refractivity contribution in [1.82, 2.24) is 9.55 Å². The van der Waals surface area contributed by atoms with Crippen molar-refractivity contribution in [1.29, 1.82) is 0 Å². The zero-order chi connectivity index (χ0) is 14.4. The molecule has 102 valence electrons. The summed E-state index contributed by atoms with van der Waals surface area (Å²) >= 11 is 11.7. The van der Waals surface area contributed by atoms with E-state index >= 15 is 0 Å². The van der Waals surface area contributed by atoms with E-state index in [0.29, 0.717) is 9.53 Å². The van der Waals surface area contributed by atoms with Crippen LogP contribution in [0.1, 0.15) is 0 Å². The van der Waals surface area contributed by atoms with Crippen LogP contribution in [0, 0.1) is 4.51 Å². The summed E-state index contributed by atoms with van der Waals surface area (Å²) in [4.78, 5) is 4.38. The van der Waals surface area contributed by atoms with E-state index in [1.165, 1.54) is 0 Å². The normalized spacial score (nSPS) is 11.3. The second-order valence-electron chi connectivity index (χ2n) is 4.69. The molecule has 0 aliphatic heterocycles. The maximum Gasteiger partial charge on any atom is 0.135 e. The Morgan fingerprint density at radius 3 is 2.90 bits per heavy atom. The lowest BCUT2D eigenvalue weighted by molar-refractivity contribution is 0.599. The number of benzene rings is 2. The molecule has 0 amide bonds. The lowest BCUT2D eigenvalue weighted by Gasteiger charge is -2.06. The van der Waals surface area contributed by atoms with Gasteiger partial charge in [-0.05, 0) is 30.3 Å². The molecule has 5 heteroatoms. The van der Waals surface area contributed by atoms with Crippen LogP contribution in [-0.4, -0.2) is 9.55 Å². The first-order chi connectivity index (χ1) is 10.2. The standard InChI is InChI=1S/C16H9ClN2OS/c17-10-5-6-15-11(7-10)16(21)14(8-20-15)19-9-18-12-3-1-2-4-13(12)19/h1-9H. The average molecular weight is 313 g/mol. The monoisotopic (exact) mass is 312 g/mol. The van der Waals surface area contributed by atoms with Crippen LogP contribution < -0.4 is 0 Å². The van der Waals surface area contributed by atoms with Crippen molar-refractivity contribution in [2.24, 2.45) is 0 Å². The van der Waals surface area contributed by atoms with E-state index in [2.05, 4.69) is 4.98 Å². The van der Waals surface area contributed by atoms with E-state index in [0.717, 1.165) is 27.7 Å². The highest BCUT2D eigenvalue weighted by Gasteiger charge is 2.09. The van der Waals surface area contributed by atoms with Crippen LogP contribution in [0.15, 0.2) is 59.5 Å². The van der Waals surface area contributed by atoms with Crippen molar-refractivity contribution in [3.05, 3.63) is 64.6 Å². The summed E-state index contributed by atoms with van der Waals surface area (Å²) in [6, 6.07) is 13.3. The summed E-state index contributed by atoms with van der Waals surface area (Å²) in [5, 5.41) is 1.46. The number of halogens is 1. The van der Waals surface area contributed by atoms with Gasteiger partial charge in [-0.1, -0.05) is 36.0 Å². The molecule has 0 saturated heterocycles. The predicted octanol–water partition coefficient (Wildman–Crippen LogP) is 5.15. The fourth-order valence-corrected chi connectivity index (χ4v) is 2.89. The molecule has 21 heavy (non-hydrogen) atoms. The van der Waals surface area contributed by atoms with Gasteiger partial charge in [0, 0.05) is 10.4 Å². The number of para-hydroxylation sites is 2. The van der Waals surface area contributed by atoms with Gasteiger partial charge < -0.3 is 4.42 Å². The van der Waals surface area contributed by atoms with Gasteiger partial charge in [-0.3, -0.25) is 4.57 Å². The van der Waals surface area contributed by atoms with Crippen molar-refractivity contribution in [2.75, 3.05) is 0 Å². The van der Waals surface area contributed by atoms with Crippen LogP contribution in [-0.2, 0) is 0 Å². The molecule has 0 fully saturated rings. The predicted molar refractivity (Wildman–Crippen MR) is 86.7 cm³/mol. The Labute approximate surface area is 130 Å². The second-order valence-corrected chi connectivity index (χ2v) is 5.54. The number of hydrogen-bond donors (Lipinski definition) is 0. The average Bonchev–Trinajstić information content (AvgIpc) is 2.92. The molecule has 0 aliphatic carbocycles. The molecular weight excluding hydrogens is 304 g/mol. The Morgan fingerprint density at radius 1 is 1.14 bits per heavy atom. The van der Waals surface area contributed by atoms with Crippen molar-refractivity contribution >= 4 is 45.8 Å². The van der Waals surface area contributed by atoms with E-state index in [9.17, 15) is 0 Å². The summed E-state index contributed by atoms with van der Waals surface area (Å²) in [5.41, 5.74) is 3.41. The zero-order valence-electron chi connectivity index (χ0n) is 10.8. The molecule has 0 saturated carbocycles. The lowest BCUT2D eigenvalue weighted by atomic mass is 10.2. The molecular formula is C16H9ClN2OS. The third-order valence-corrected chi connectivity index (χ3v) is 4.09. The molecule has 0 unspecified atom stereocenters. The van der Waals surface area contributed by atoms with Gasteiger partial charge in [0.2, 0.25) is 0 Å². The van der Waals surface area contributed by atoms with Crippen molar-refractivity contribution in [2.45, 2.75) is 0 Å². The summed E-state index contributed by atoms with van der Waals surface area (Å²) in [5.74, 6) is 0. The molecule has 0 bridgehead atoms. The quantitative estimate of drug-likeness (QED) is 0.455. The van der Waals surface area contributed by atoms with E-state index < -0.39 is 0 Å². The number of rotatable bonds is 1. The number of nitrogens with zero attached hydrogens (tertiary/aromatic N) is 2. The summed E-state index contributed by atoms with van der Waals surface area (Å²) < 4.78 is 8.31. The van der Waals surface area contributed by atoms with Gasteiger partial charge >= 0.3 is 0 Å². The largest absolute Gasteiger partial charge is 0.462 e. The molecule has 0 aliphatic rings. The number of hydrogen-bond acceptors (Lipinski definition) is 3. The SMILES string of the molecule is S=c1c(-n2cnc3ccccc32)coc2ccc(Cl)cc12. The molecule has 0 spiro atoms. The Kier molecular flexibility index (Phi) is 2.80. The van der Waals surface area contributed by atoms with Gasteiger partial charge in [0.15, 0.2) is 0 Å². The van der Waals surface area contributed by atoms with Crippen molar-refractivity contribution in [3.63, 3.8) is 0 Å². The molecule has 2 heterocycles. The van der Waals surface area contributed by atoms with Gasteiger partial charge in [-0.25, -0.2) is 4.98 Å². The maximum atomic E-state index is 6.06. The summed E-state index contributed by atoms with van der Waals surface area (Å²) in [6.07, 6.45) is 3.41. The fourth-order valence-electron chi connectivity index (χ4n) is 2.41. The van der Waals surface area contributed by atoms with Crippen LogP contribution in [0.25, 0.3) is 27.7 Å². The molecule has 4 rings (SSSR count). The highest BCUT2D eigenvalue weighted by atomic mass is 35.5. The maximum absolute atomic E-state index is 6.06. The molecule has 2 aromatic heterocycles. The molecule has 0 atom stereocenters. The first-order valence-electron chi connectivity index (χ1n) is 6.37. The minimum absolute atomic E-state index is 0.636. The van der Waals surface area contributed by atoms with Gasteiger partial charge in [-0.2, -0.15) is 0 Å². The Hall–Kier alpha value is -2.17. The first kappa shape index (κ1) is 12.6. The Bertz CT molecular complexity index is 1040. The summed E-state index contributed by atoms with van der Waals surface area (Å²) in [7, 11) is 0. The fraction of sp³-hybridized carbons (Fsp3) is 0. The molecule has 0 N–H and O–H groups in total. The van der Waals surface area contributed by atoms with Gasteiger partial charge in [-0.15, -0.1) is 0 Å². The lowest BCUT2D eigenvalue weighted by Crippen LogP contribution is -1.93. The van der Waals surface area contributed by atoms with Gasteiger partial charge in [0.1, 0.15) is 23.9 Å².